The van der Waals surface area contributed by atoms with Crippen molar-refractivity contribution in [2.45, 2.75) is 25.7 Å². The Morgan fingerprint density at radius 2 is 1.92 bits per heavy atom. The molecule has 0 bridgehead atoms. The summed E-state index contributed by atoms with van der Waals surface area (Å²) in [4.78, 5) is 12.5. The highest BCUT2D eigenvalue weighted by Gasteiger charge is 2.24. The van der Waals surface area contributed by atoms with Crippen LogP contribution in [0.5, 0.6) is 0 Å². The first-order chi connectivity index (χ1) is 11.3. The molecule has 1 aromatic carbocycles. The Hall–Kier alpha value is -2.19. The lowest BCUT2D eigenvalue weighted by atomic mass is 10.1. The molecule has 0 atom stereocenters. The third-order valence-electron chi connectivity index (χ3n) is 3.73. The van der Waals surface area contributed by atoms with Crippen molar-refractivity contribution in [3.63, 3.8) is 0 Å². The molecule has 0 aliphatic carbocycles. The molecule has 0 aliphatic rings. The molecule has 1 aromatic heterocycles. The maximum Gasteiger partial charge on any atom is 0.256 e. The zero-order valence-corrected chi connectivity index (χ0v) is 15.1. The van der Waals surface area contributed by atoms with E-state index in [1.807, 2.05) is 0 Å². The van der Waals surface area contributed by atoms with Crippen LogP contribution in [0.2, 0.25) is 0 Å². The minimum Gasteiger partial charge on any atom is -0.305 e. The zero-order chi connectivity index (χ0) is 17.9. The number of anilines is 1. The largest absolute Gasteiger partial charge is 0.305 e. The van der Waals surface area contributed by atoms with Crippen LogP contribution in [0.4, 0.5) is 5.82 Å². The van der Waals surface area contributed by atoms with Crippen molar-refractivity contribution < 1.29 is 13.2 Å². The summed E-state index contributed by atoms with van der Waals surface area (Å²) < 4.78 is 28.4. The lowest BCUT2D eigenvalue weighted by Crippen LogP contribution is -2.31. The summed E-state index contributed by atoms with van der Waals surface area (Å²) in [7, 11) is -1.88. The van der Waals surface area contributed by atoms with Crippen molar-refractivity contribution in [3.05, 3.63) is 41.6 Å². The van der Waals surface area contributed by atoms with Crippen molar-refractivity contribution in [3.8, 4) is 0 Å². The third kappa shape index (κ3) is 3.65. The normalized spacial score (nSPS) is 11.7. The summed E-state index contributed by atoms with van der Waals surface area (Å²) in [6.45, 7) is 6.05. The number of aromatic nitrogens is 2. The van der Waals surface area contributed by atoms with Gasteiger partial charge in [-0.2, -0.15) is 9.40 Å². The van der Waals surface area contributed by atoms with Crippen molar-refractivity contribution in [1.29, 1.82) is 0 Å². The molecule has 0 saturated heterocycles. The summed E-state index contributed by atoms with van der Waals surface area (Å²) in [5.74, 6) is 0.0147. The van der Waals surface area contributed by atoms with Crippen LogP contribution >= 0.6 is 0 Å². The van der Waals surface area contributed by atoms with Gasteiger partial charge in [0.2, 0.25) is 10.0 Å². The number of nitrogens with zero attached hydrogens (tertiary/aromatic N) is 3. The Morgan fingerprint density at radius 1 is 1.25 bits per heavy atom. The average molecular weight is 350 g/mol. The van der Waals surface area contributed by atoms with Crippen molar-refractivity contribution in [2.24, 2.45) is 7.05 Å². The standard InChI is InChI=1S/C16H22N4O3S/c1-5-20(6-2)24(22,23)14-11-13(8-7-12(14)3)16(21)17-15-9-10-19(4)18-15/h7-11H,5-6H2,1-4H3,(H,17,18,21). The average Bonchev–Trinajstić information content (AvgIpc) is 2.93. The predicted molar refractivity (Wildman–Crippen MR) is 92.4 cm³/mol. The topological polar surface area (TPSA) is 84.3 Å². The molecule has 0 aliphatic heterocycles. The fourth-order valence-electron chi connectivity index (χ4n) is 2.39. The summed E-state index contributed by atoms with van der Waals surface area (Å²) >= 11 is 0. The molecule has 2 aromatic rings. The van der Waals surface area contributed by atoms with Crippen LogP contribution in [0.1, 0.15) is 29.8 Å². The van der Waals surface area contributed by atoms with E-state index in [1.54, 1.807) is 56.9 Å². The van der Waals surface area contributed by atoms with Gasteiger partial charge in [-0.05, 0) is 24.6 Å². The molecule has 24 heavy (non-hydrogen) atoms. The molecular weight excluding hydrogens is 328 g/mol. The van der Waals surface area contributed by atoms with Gasteiger partial charge in [-0.15, -0.1) is 0 Å². The number of hydrogen-bond acceptors (Lipinski definition) is 4. The highest BCUT2D eigenvalue weighted by Crippen LogP contribution is 2.22. The highest BCUT2D eigenvalue weighted by atomic mass is 32.2. The molecule has 0 spiro atoms. The van der Waals surface area contributed by atoms with Crippen LogP contribution in [-0.4, -0.2) is 41.5 Å². The SMILES string of the molecule is CCN(CC)S(=O)(=O)c1cc(C(=O)Nc2ccn(C)n2)ccc1C. The molecule has 130 valence electrons. The molecule has 0 radical (unpaired) electrons. The molecule has 2 rings (SSSR count). The van der Waals surface area contributed by atoms with Crippen LogP contribution in [0.15, 0.2) is 35.4 Å². The van der Waals surface area contributed by atoms with E-state index in [4.69, 9.17) is 0 Å². The van der Waals surface area contributed by atoms with E-state index in [0.29, 0.717) is 24.5 Å². The van der Waals surface area contributed by atoms with E-state index in [2.05, 4.69) is 10.4 Å². The molecule has 1 heterocycles. The first kappa shape index (κ1) is 18.2. The lowest BCUT2D eigenvalue weighted by molar-refractivity contribution is 0.102. The number of sulfonamides is 1. The summed E-state index contributed by atoms with van der Waals surface area (Å²) in [5.41, 5.74) is 0.883. The van der Waals surface area contributed by atoms with Gasteiger partial charge in [-0.25, -0.2) is 8.42 Å². The van der Waals surface area contributed by atoms with Crippen molar-refractivity contribution in [1.82, 2.24) is 14.1 Å². The van der Waals surface area contributed by atoms with Gasteiger partial charge >= 0.3 is 0 Å². The van der Waals surface area contributed by atoms with Gasteiger partial charge in [0.25, 0.3) is 5.91 Å². The fourth-order valence-corrected chi connectivity index (χ4v) is 4.10. The smallest absolute Gasteiger partial charge is 0.256 e. The second kappa shape index (κ2) is 7.14. The molecule has 7 nitrogen and oxygen atoms in total. The maximum atomic E-state index is 12.7. The van der Waals surface area contributed by atoms with Crippen molar-refractivity contribution >= 4 is 21.7 Å². The molecule has 0 unspecified atom stereocenters. The van der Waals surface area contributed by atoms with E-state index in [9.17, 15) is 13.2 Å². The van der Waals surface area contributed by atoms with Crippen LogP contribution in [0, 0.1) is 6.92 Å². The molecule has 8 heteroatoms. The highest BCUT2D eigenvalue weighted by molar-refractivity contribution is 7.89. The number of aryl methyl sites for hydroxylation is 2. The van der Waals surface area contributed by atoms with Gasteiger partial charge in [-0.3, -0.25) is 9.48 Å². The number of amides is 1. The van der Waals surface area contributed by atoms with E-state index in [1.165, 1.54) is 10.4 Å². The minimum absolute atomic E-state index is 0.153. The Kier molecular flexibility index (Phi) is 5.40. The Balaban J connectivity index is 2.36. The van der Waals surface area contributed by atoms with Gasteiger partial charge in [0.1, 0.15) is 0 Å². The molecule has 1 N–H and O–H groups in total. The maximum absolute atomic E-state index is 12.7. The van der Waals surface area contributed by atoms with Gasteiger partial charge in [0.15, 0.2) is 5.82 Å². The molecule has 0 saturated carbocycles. The Bertz CT molecular complexity index is 839. The van der Waals surface area contributed by atoms with Gasteiger partial charge in [-0.1, -0.05) is 19.9 Å². The Morgan fingerprint density at radius 3 is 2.46 bits per heavy atom. The summed E-state index contributed by atoms with van der Waals surface area (Å²) in [6.07, 6.45) is 1.71. The minimum atomic E-state index is -3.62. The second-order valence-corrected chi connectivity index (χ2v) is 7.30. The fraction of sp³-hybridized carbons (Fsp3) is 0.375. The first-order valence-corrected chi connectivity index (χ1v) is 9.15. The van der Waals surface area contributed by atoms with Crippen LogP contribution in [0.3, 0.4) is 0 Å². The van der Waals surface area contributed by atoms with Crippen molar-refractivity contribution in [2.75, 3.05) is 18.4 Å². The number of carbonyl (C=O) groups excluding carboxylic acids is 1. The van der Waals surface area contributed by atoms with E-state index >= 15 is 0 Å². The molecule has 0 fully saturated rings. The number of nitrogens with one attached hydrogen (secondary N) is 1. The second-order valence-electron chi connectivity index (χ2n) is 5.40. The van der Waals surface area contributed by atoms with E-state index in [0.717, 1.165) is 0 Å². The van der Waals surface area contributed by atoms with Crippen LogP contribution < -0.4 is 5.32 Å². The number of benzene rings is 1. The molecular formula is C16H22N4O3S. The Labute approximate surface area is 142 Å². The first-order valence-electron chi connectivity index (χ1n) is 7.71. The number of rotatable bonds is 6. The van der Waals surface area contributed by atoms with Gasteiger partial charge in [0.05, 0.1) is 4.90 Å². The third-order valence-corrected chi connectivity index (χ3v) is 5.92. The lowest BCUT2D eigenvalue weighted by Gasteiger charge is -2.20. The van der Waals surface area contributed by atoms with Crippen LogP contribution in [-0.2, 0) is 17.1 Å². The number of hydrogen-bond donors (Lipinski definition) is 1. The quantitative estimate of drug-likeness (QED) is 0.864. The van der Waals surface area contributed by atoms with Gasteiger partial charge in [0, 0.05) is 38.0 Å². The van der Waals surface area contributed by atoms with E-state index < -0.39 is 15.9 Å². The zero-order valence-electron chi connectivity index (χ0n) is 14.3. The summed E-state index contributed by atoms with van der Waals surface area (Å²) in [5, 5.41) is 6.73. The van der Waals surface area contributed by atoms with E-state index in [-0.39, 0.29) is 10.5 Å². The predicted octanol–water partition coefficient (Wildman–Crippen LogP) is 2.01. The van der Waals surface area contributed by atoms with Crippen LogP contribution in [0.25, 0.3) is 0 Å². The number of carbonyl (C=O) groups is 1. The molecule has 1 amide bonds. The summed E-state index contributed by atoms with van der Waals surface area (Å²) in [6, 6.07) is 6.33. The monoisotopic (exact) mass is 350 g/mol. The van der Waals surface area contributed by atoms with Gasteiger partial charge < -0.3 is 5.32 Å².